The minimum absolute atomic E-state index is 0. The number of ether oxygens (including phenoxy) is 2. The van der Waals surface area contributed by atoms with Gasteiger partial charge in [0, 0.05) is 12.1 Å². The third kappa shape index (κ3) is 8.56. The molecule has 214 valence electrons. The Kier molecular flexibility index (Phi) is 11.2. The number of halogens is 3. The number of aromatic hydroxyl groups is 2. The van der Waals surface area contributed by atoms with Crippen molar-refractivity contribution in [1.29, 1.82) is 0 Å². The Morgan fingerprint density at radius 3 is 1.75 bits per heavy atom. The van der Waals surface area contributed by atoms with Crippen LogP contribution in [0, 0.1) is 0 Å². The highest BCUT2D eigenvalue weighted by Gasteiger charge is 2.17. The zero-order valence-corrected chi connectivity index (χ0v) is 23.1. The largest absolute Gasteiger partial charge is 1.00 e. The topological polar surface area (TPSA) is 184 Å². The molecular weight excluding hydrogens is 595 g/mol. The molecule has 0 fully saturated rings. The molecule has 6 N–H and O–H groups in total. The van der Waals surface area contributed by atoms with Crippen LogP contribution in [0.1, 0.15) is 0 Å². The molecule has 3 aromatic rings. The second kappa shape index (κ2) is 14.1. The van der Waals surface area contributed by atoms with Crippen molar-refractivity contribution in [2.24, 2.45) is 0 Å². The average molecular weight is 618 g/mol. The average Bonchev–Trinajstić information content (AvgIpc) is 3.30. The molecule has 0 aliphatic carbocycles. The van der Waals surface area contributed by atoms with Gasteiger partial charge in [-0.25, -0.2) is 18.7 Å². The number of methoxy groups -OCH3 is 2. The van der Waals surface area contributed by atoms with Crippen molar-refractivity contribution in [2.75, 3.05) is 35.5 Å². The maximum atomic E-state index is 12.5. The fraction of sp³-hybridized carbons (Fsp3) is 0.174. The zero-order chi connectivity index (χ0) is 28.7. The van der Waals surface area contributed by atoms with Gasteiger partial charge in [-0.2, -0.15) is 0 Å². The first kappa shape index (κ1) is 31.8. The van der Waals surface area contributed by atoms with Crippen LogP contribution in [-0.2, 0) is 32.2 Å². The summed E-state index contributed by atoms with van der Waals surface area (Å²) in [4.78, 5) is 47.6. The third-order valence-corrected chi connectivity index (χ3v) is 5.59. The highest BCUT2D eigenvalue weighted by atomic mass is 35.5. The lowest BCUT2D eigenvalue weighted by molar-refractivity contribution is -0.683. The lowest BCUT2D eigenvalue weighted by Gasteiger charge is -2.11. The van der Waals surface area contributed by atoms with Crippen molar-refractivity contribution in [3.05, 3.63) is 53.0 Å². The highest BCUT2D eigenvalue weighted by Crippen LogP contribution is 2.35. The first-order valence-corrected chi connectivity index (χ1v) is 11.6. The summed E-state index contributed by atoms with van der Waals surface area (Å²) in [7, 11) is 2.32. The van der Waals surface area contributed by atoms with Gasteiger partial charge in [-0.1, -0.05) is 23.2 Å². The standard InChI is InChI=1S/C23H22Cl2N6O8.ClH/c1-38-22(36)28-16-5-12(24)14(7-18(16)32)26-20(34)9-30-3-4-31(11-30)10-21(35)27-15-8-19(33)17(6-13(15)25)29-23(37)39-2;/h3-8,11H,9-10H2,1-2H3,(H5-,26,27,28,29,32,33,34,35,36,37);1H. The van der Waals surface area contributed by atoms with Crippen LogP contribution in [0.3, 0.4) is 0 Å². The molecule has 0 bridgehead atoms. The first-order valence-electron chi connectivity index (χ1n) is 10.9. The van der Waals surface area contributed by atoms with Crippen LogP contribution in [0.4, 0.5) is 32.3 Å². The van der Waals surface area contributed by atoms with E-state index in [1.807, 2.05) is 0 Å². The number of nitrogens with zero attached hydrogens (tertiary/aromatic N) is 2. The smallest absolute Gasteiger partial charge is 0.411 e. The van der Waals surface area contributed by atoms with Gasteiger partial charge in [0.1, 0.15) is 23.9 Å². The van der Waals surface area contributed by atoms with Gasteiger partial charge >= 0.3 is 12.2 Å². The van der Waals surface area contributed by atoms with E-state index >= 15 is 0 Å². The van der Waals surface area contributed by atoms with Gasteiger partial charge in [-0.15, -0.1) is 0 Å². The van der Waals surface area contributed by atoms with E-state index < -0.39 is 24.0 Å². The number of amides is 4. The van der Waals surface area contributed by atoms with Gasteiger partial charge in [0.2, 0.25) is 6.33 Å². The molecule has 40 heavy (non-hydrogen) atoms. The van der Waals surface area contributed by atoms with E-state index in [4.69, 9.17) is 23.2 Å². The highest BCUT2D eigenvalue weighted by molar-refractivity contribution is 6.34. The Labute approximate surface area is 243 Å². The normalized spacial score (nSPS) is 10.1. The minimum atomic E-state index is -0.806. The van der Waals surface area contributed by atoms with Crippen LogP contribution in [0.5, 0.6) is 11.5 Å². The maximum absolute atomic E-state index is 12.5. The van der Waals surface area contributed by atoms with E-state index in [2.05, 4.69) is 30.7 Å². The SMILES string of the molecule is COC(=O)Nc1cc(Cl)c(NC(=O)Cn2cc[n+](CC(=O)Nc3cc(O)c(NC(=O)OC)cc3Cl)c2)cc1O.[Cl-]. The molecule has 0 aliphatic heterocycles. The van der Waals surface area contributed by atoms with Crippen molar-refractivity contribution in [3.8, 4) is 11.5 Å². The molecule has 1 aromatic heterocycles. The number of carbonyl (C=O) groups excluding carboxylic acids is 4. The molecule has 0 saturated heterocycles. The zero-order valence-electron chi connectivity index (χ0n) is 20.8. The molecule has 0 unspecified atom stereocenters. The number of benzene rings is 2. The van der Waals surface area contributed by atoms with Gasteiger partial charge in [0.25, 0.3) is 11.8 Å². The molecule has 4 amide bonds. The van der Waals surface area contributed by atoms with E-state index in [0.717, 1.165) is 14.2 Å². The molecule has 3 rings (SSSR count). The summed E-state index contributed by atoms with van der Waals surface area (Å²) >= 11 is 12.3. The fourth-order valence-electron chi connectivity index (χ4n) is 3.17. The van der Waals surface area contributed by atoms with Crippen LogP contribution in [0.2, 0.25) is 10.0 Å². The number of anilines is 4. The second-order valence-corrected chi connectivity index (χ2v) is 8.60. The molecule has 1 heterocycles. The van der Waals surface area contributed by atoms with Crippen LogP contribution in [0.25, 0.3) is 0 Å². The summed E-state index contributed by atoms with van der Waals surface area (Å²) in [6, 6.07) is 4.85. The summed E-state index contributed by atoms with van der Waals surface area (Å²) < 4.78 is 11.9. The predicted molar refractivity (Wildman–Crippen MR) is 140 cm³/mol. The summed E-state index contributed by atoms with van der Waals surface area (Å²) in [5, 5.41) is 29.9. The number of hydrogen-bond donors (Lipinski definition) is 6. The van der Waals surface area contributed by atoms with Crippen LogP contribution < -0.4 is 38.2 Å². The third-order valence-electron chi connectivity index (χ3n) is 4.96. The summed E-state index contributed by atoms with van der Waals surface area (Å²) in [6.07, 6.45) is 3.01. The van der Waals surface area contributed by atoms with Gasteiger partial charge in [-0.3, -0.25) is 20.2 Å². The first-order chi connectivity index (χ1) is 18.5. The van der Waals surface area contributed by atoms with Crippen molar-refractivity contribution < 1.29 is 55.8 Å². The van der Waals surface area contributed by atoms with Crippen LogP contribution in [0.15, 0.2) is 43.0 Å². The molecule has 0 aliphatic rings. The number of phenols is 2. The van der Waals surface area contributed by atoms with Gasteiger partial charge in [0.15, 0.2) is 13.1 Å². The lowest BCUT2D eigenvalue weighted by Crippen LogP contribution is -3.00. The minimum Gasteiger partial charge on any atom is -1.00 e. The van der Waals surface area contributed by atoms with Crippen LogP contribution >= 0.6 is 23.2 Å². The summed E-state index contributed by atoms with van der Waals surface area (Å²) in [5.41, 5.74) is 0.226. The summed E-state index contributed by atoms with van der Waals surface area (Å²) in [5.74, 6) is -1.65. The molecular formula is C23H23Cl3N6O8. The van der Waals surface area contributed by atoms with Crippen molar-refractivity contribution >= 4 is 70.0 Å². The number of hydrogen-bond acceptors (Lipinski definition) is 8. The van der Waals surface area contributed by atoms with E-state index in [0.29, 0.717) is 0 Å². The molecule has 0 saturated carbocycles. The number of aromatic nitrogens is 2. The van der Waals surface area contributed by atoms with Crippen molar-refractivity contribution in [1.82, 2.24) is 4.57 Å². The van der Waals surface area contributed by atoms with Gasteiger partial charge < -0.3 is 42.7 Å². The maximum Gasteiger partial charge on any atom is 0.411 e. The number of rotatable bonds is 8. The molecule has 14 nitrogen and oxygen atoms in total. The summed E-state index contributed by atoms with van der Waals surface area (Å²) in [6.45, 7) is -0.301. The van der Waals surface area contributed by atoms with Crippen LogP contribution in [-0.4, -0.2) is 53.0 Å². The van der Waals surface area contributed by atoms with E-state index in [9.17, 15) is 29.4 Å². The molecule has 0 atom stereocenters. The number of nitrogens with one attached hydrogen (secondary N) is 4. The number of carbonyl (C=O) groups is 4. The predicted octanol–water partition coefficient (Wildman–Crippen LogP) is 0.132. The monoisotopic (exact) mass is 616 g/mol. The van der Waals surface area contributed by atoms with E-state index in [1.54, 1.807) is 12.4 Å². The Morgan fingerprint density at radius 1 is 0.800 bits per heavy atom. The van der Waals surface area contributed by atoms with E-state index in [-0.39, 0.29) is 69.8 Å². The number of phenolic OH excluding ortho intramolecular Hbond substituents is 2. The Balaban J connectivity index is 0.00000560. The van der Waals surface area contributed by atoms with E-state index in [1.165, 1.54) is 39.7 Å². The van der Waals surface area contributed by atoms with Gasteiger partial charge in [0.05, 0.1) is 47.0 Å². The molecule has 0 spiro atoms. The molecule has 17 heteroatoms. The van der Waals surface area contributed by atoms with Gasteiger partial charge in [-0.05, 0) is 12.1 Å². The molecule has 2 aromatic carbocycles. The lowest BCUT2D eigenvalue weighted by atomic mass is 10.2. The Morgan fingerprint density at radius 2 is 1.27 bits per heavy atom. The quantitative estimate of drug-likeness (QED) is 0.152. The van der Waals surface area contributed by atoms with Crippen molar-refractivity contribution in [2.45, 2.75) is 13.1 Å². The molecule has 0 radical (unpaired) electrons. The number of imidazole rings is 1. The fourth-order valence-corrected chi connectivity index (χ4v) is 3.60. The van der Waals surface area contributed by atoms with Crippen molar-refractivity contribution in [3.63, 3.8) is 0 Å². The Hall–Kier alpha value is -4.40. The second-order valence-electron chi connectivity index (χ2n) is 7.79. The Bertz CT molecular complexity index is 1330.